The molecule has 0 bridgehead atoms. The van der Waals surface area contributed by atoms with E-state index in [1.807, 2.05) is 12.1 Å². The second kappa shape index (κ2) is 9.39. The van der Waals surface area contributed by atoms with Gasteiger partial charge in [0.2, 0.25) is 0 Å². The first kappa shape index (κ1) is 20.7. The van der Waals surface area contributed by atoms with Crippen LogP contribution in [-0.4, -0.2) is 18.8 Å². The molecule has 1 heterocycles. The number of benzene rings is 1. The van der Waals surface area contributed by atoms with Crippen molar-refractivity contribution in [1.29, 1.82) is 0 Å². The third-order valence-electron chi connectivity index (χ3n) is 5.91. The van der Waals surface area contributed by atoms with E-state index in [9.17, 15) is 0 Å². The lowest BCUT2D eigenvalue weighted by Gasteiger charge is -2.47. The summed E-state index contributed by atoms with van der Waals surface area (Å²) in [6.45, 7) is 12.1. The topological polar surface area (TPSA) is 21.3 Å². The van der Waals surface area contributed by atoms with E-state index in [0.29, 0.717) is 5.41 Å². The van der Waals surface area contributed by atoms with Crippen molar-refractivity contribution in [2.24, 2.45) is 11.3 Å². The Balaban J connectivity index is 1.90. The first-order valence-electron chi connectivity index (χ1n) is 9.96. The third-order valence-corrected chi connectivity index (χ3v) is 6.16. The molecule has 0 unspecified atom stereocenters. The maximum absolute atomic E-state index is 6.13. The zero-order valence-electron chi connectivity index (χ0n) is 16.5. The molecule has 0 saturated carbocycles. The van der Waals surface area contributed by atoms with Gasteiger partial charge in [-0.2, -0.15) is 0 Å². The van der Waals surface area contributed by atoms with Crippen LogP contribution in [0.1, 0.15) is 71.8 Å². The lowest BCUT2D eigenvalue weighted by atomic mass is 9.67. The van der Waals surface area contributed by atoms with Crippen LogP contribution in [0.15, 0.2) is 24.3 Å². The Morgan fingerprint density at radius 3 is 2.56 bits per heavy atom. The van der Waals surface area contributed by atoms with Crippen molar-refractivity contribution in [3.63, 3.8) is 0 Å². The average Bonchev–Trinajstić information content (AvgIpc) is 2.59. The molecule has 1 aliphatic rings. The average molecular weight is 366 g/mol. The Morgan fingerprint density at radius 1 is 1.20 bits per heavy atom. The molecule has 2 rings (SSSR count). The first-order valence-corrected chi connectivity index (χ1v) is 10.3. The van der Waals surface area contributed by atoms with Gasteiger partial charge in [0.1, 0.15) is 0 Å². The molecule has 0 aliphatic carbocycles. The van der Waals surface area contributed by atoms with Crippen LogP contribution >= 0.6 is 11.6 Å². The largest absolute Gasteiger partial charge is 0.375 e. The van der Waals surface area contributed by atoms with Gasteiger partial charge < -0.3 is 10.1 Å². The fourth-order valence-corrected chi connectivity index (χ4v) is 4.13. The maximum atomic E-state index is 6.13. The van der Waals surface area contributed by atoms with Crippen molar-refractivity contribution in [2.75, 3.05) is 13.2 Å². The summed E-state index contributed by atoms with van der Waals surface area (Å²) >= 11 is 5.96. The highest BCUT2D eigenvalue weighted by molar-refractivity contribution is 6.30. The summed E-state index contributed by atoms with van der Waals surface area (Å²) in [6.07, 6.45) is 7.40. The summed E-state index contributed by atoms with van der Waals surface area (Å²) < 4.78 is 6.13. The molecule has 1 N–H and O–H groups in total. The number of halogens is 1. The summed E-state index contributed by atoms with van der Waals surface area (Å²) in [6, 6.07) is 8.14. The van der Waals surface area contributed by atoms with Gasteiger partial charge in [0.15, 0.2) is 0 Å². The normalized spacial score (nSPS) is 27.0. The van der Waals surface area contributed by atoms with Crippen LogP contribution in [0.3, 0.4) is 0 Å². The number of hydrogen-bond acceptors (Lipinski definition) is 2. The second-order valence-corrected chi connectivity index (χ2v) is 9.00. The smallest absolute Gasteiger partial charge is 0.0657 e. The Morgan fingerprint density at radius 2 is 1.92 bits per heavy atom. The van der Waals surface area contributed by atoms with Crippen LogP contribution < -0.4 is 5.32 Å². The van der Waals surface area contributed by atoms with E-state index in [2.05, 4.69) is 45.1 Å². The van der Waals surface area contributed by atoms with E-state index in [0.717, 1.165) is 37.1 Å². The van der Waals surface area contributed by atoms with Gasteiger partial charge in [0.25, 0.3) is 0 Å². The SMILES string of the molecule is CC[C@]1(C)C[C@@](CCNCc2ccc(Cl)cc2)(CCC(C)C)CCO1. The third kappa shape index (κ3) is 6.58. The Kier molecular flexibility index (Phi) is 7.79. The predicted molar refractivity (Wildman–Crippen MR) is 108 cm³/mol. The molecule has 1 aromatic carbocycles. The van der Waals surface area contributed by atoms with Gasteiger partial charge in [0, 0.05) is 18.2 Å². The van der Waals surface area contributed by atoms with Gasteiger partial charge in [-0.25, -0.2) is 0 Å². The van der Waals surface area contributed by atoms with E-state index in [4.69, 9.17) is 16.3 Å². The molecular formula is C22H36ClNO. The molecule has 0 amide bonds. The minimum atomic E-state index is 0.0609. The van der Waals surface area contributed by atoms with Crippen molar-refractivity contribution in [3.05, 3.63) is 34.9 Å². The standard InChI is InChI=1S/C22H36ClNO/c1-5-21(4)17-22(13-15-25-21,11-10-18(2)3)12-14-24-16-19-6-8-20(23)9-7-19/h6-9,18,24H,5,10-17H2,1-4H3/t21-,22-/m1/s1. The molecule has 0 spiro atoms. The van der Waals surface area contributed by atoms with Gasteiger partial charge in [-0.1, -0.05) is 50.9 Å². The number of hydrogen-bond donors (Lipinski definition) is 1. The minimum absolute atomic E-state index is 0.0609. The Labute approximate surface area is 159 Å². The lowest BCUT2D eigenvalue weighted by Crippen LogP contribution is -2.44. The van der Waals surface area contributed by atoms with Crippen LogP contribution in [0.5, 0.6) is 0 Å². The van der Waals surface area contributed by atoms with Gasteiger partial charge >= 0.3 is 0 Å². The van der Waals surface area contributed by atoms with Gasteiger partial charge in [-0.3, -0.25) is 0 Å². The zero-order chi connectivity index (χ0) is 18.3. The molecule has 1 aromatic rings. The summed E-state index contributed by atoms with van der Waals surface area (Å²) in [5.74, 6) is 0.773. The predicted octanol–water partition coefficient (Wildman–Crippen LogP) is 6.22. The summed E-state index contributed by atoms with van der Waals surface area (Å²) in [4.78, 5) is 0. The molecular weight excluding hydrogens is 330 g/mol. The lowest BCUT2D eigenvalue weighted by molar-refractivity contribution is -0.122. The number of nitrogens with one attached hydrogen (secondary N) is 1. The maximum Gasteiger partial charge on any atom is 0.0657 e. The van der Waals surface area contributed by atoms with Gasteiger partial charge in [-0.15, -0.1) is 0 Å². The molecule has 1 aliphatic heterocycles. The number of rotatable bonds is 9. The Bertz CT molecular complexity index is 515. The molecule has 2 atom stereocenters. The molecule has 1 saturated heterocycles. The number of ether oxygens (including phenoxy) is 1. The van der Waals surface area contributed by atoms with Crippen LogP contribution in [0.4, 0.5) is 0 Å². The van der Waals surface area contributed by atoms with Crippen molar-refractivity contribution >= 4 is 11.6 Å². The molecule has 3 heteroatoms. The quantitative estimate of drug-likeness (QED) is 0.524. The molecule has 142 valence electrons. The van der Waals surface area contributed by atoms with E-state index >= 15 is 0 Å². The van der Waals surface area contributed by atoms with E-state index < -0.39 is 0 Å². The molecule has 1 fully saturated rings. The van der Waals surface area contributed by atoms with Gasteiger partial charge in [-0.05, 0) is 74.6 Å². The zero-order valence-corrected chi connectivity index (χ0v) is 17.3. The molecule has 0 radical (unpaired) electrons. The van der Waals surface area contributed by atoms with Gasteiger partial charge in [0.05, 0.1) is 5.60 Å². The second-order valence-electron chi connectivity index (χ2n) is 8.56. The summed E-state index contributed by atoms with van der Waals surface area (Å²) in [5, 5.41) is 4.45. The van der Waals surface area contributed by atoms with E-state index in [1.165, 1.54) is 37.7 Å². The minimum Gasteiger partial charge on any atom is -0.375 e. The van der Waals surface area contributed by atoms with Crippen molar-refractivity contribution < 1.29 is 4.74 Å². The van der Waals surface area contributed by atoms with Crippen molar-refractivity contribution in [1.82, 2.24) is 5.32 Å². The Hall–Kier alpha value is -0.570. The van der Waals surface area contributed by atoms with Crippen LogP contribution in [0, 0.1) is 11.3 Å². The van der Waals surface area contributed by atoms with Crippen LogP contribution in [0.25, 0.3) is 0 Å². The highest BCUT2D eigenvalue weighted by Crippen LogP contribution is 2.46. The van der Waals surface area contributed by atoms with Crippen LogP contribution in [-0.2, 0) is 11.3 Å². The summed E-state index contributed by atoms with van der Waals surface area (Å²) in [7, 11) is 0. The van der Waals surface area contributed by atoms with E-state index in [-0.39, 0.29) is 5.60 Å². The molecule has 0 aromatic heterocycles. The highest BCUT2D eigenvalue weighted by Gasteiger charge is 2.41. The first-order chi connectivity index (χ1) is 11.9. The fourth-order valence-electron chi connectivity index (χ4n) is 4.01. The molecule has 25 heavy (non-hydrogen) atoms. The van der Waals surface area contributed by atoms with Crippen molar-refractivity contribution in [3.8, 4) is 0 Å². The monoisotopic (exact) mass is 365 g/mol. The van der Waals surface area contributed by atoms with Crippen molar-refractivity contribution in [2.45, 2.75) is 78.4 Å². The fraction of sp³-hybridized carbons (Fsp3) is 0.727. The summed E-state index contributed by atoms with van der Waals surface area (Å²) in [5.41, 5.74) is 1.79. The highest BCUT2D eigenvalue weighted by atomic mass is 35.5. The van der Waals surface area contributed by atoms with E-state index in [1.54, 1.807) is 0 Å². The molecule has 2 nitrogen and oxygen atoms in total. The van der Waals surface area contributed by atoms with Crippen LogP contribution in [0.2, 0.25) is 5.02 Å².